The molecule has 1 aromatic carbocycles. The van der Waals surface area contributed by atoms with Gasteiger partial charge in [0.05, 0.1) is 37.8 Å². The number of hydrazone groups is 1. The van der Waals surface area contributed by atoms with Gasteiger partial charge >= 0.3 is 0 Å². The number of amides is 2. The first-order chi connectivity index (χ1) is 14.2. The average molecular weight is 411 g/mol. The van der Waals surface area contributed by atoms with Gasteiger partial charge in [-0.15, -0.1) is 0 Å². The van der Waals surface area contributed by atoms with Gasteiger partial charge in [-0.3, -0.25) is 19.4 Å². The number of carbonyl (C=O) groups excluding carboxylic acids is 3. The molecule has 0 saturated carbocycles. The quantitative estimate of drug-likeness (QED) is 0.705. The molecule has 158 valence electrons. The van der Waals surface area contributed by atoms with Gasteiger partial charge in [-0.1, -0.05) is 26.8 Å². The molecule has 3 aliphatic rings. The first-order valence-corrected chi connectivity index (χ1v) is 9.84. The summed E-state index contributed by atoms with van der Waals surface area (Å²) in [7, 11) is 2.98. The predicted octanol–water partition coefficient (Wildman–Crippen LogP) is 2.03. The number of hydrogen-bond acceptors (Lipinski definition) is 7. The highest BCUT2D eigenvalue weighted by molar-refractivity contribution is 6.24. The summed E-state index contributed by atoms with van der Waals surface area (Å²) in [5, 5.41) is 5.97. The van der Waals surface area contributed by atoms with E-state index in [9.17, 15) is 14.4 Å². The summed E-state index contributed by atoms with van der Waals surface area (Å²) in [6.45, 7) is 5.43. The number of hydrogen-bond donors (Lipinski definition) is 0. The standard InChI is InChI=1S/C22H25N3O5/c1-22(2,3)19(26)18-17-16(13-7-6-10-23-25(13)18)20(27)24(21(17)28)14-11-12(29-4)8-9-15(14)30-5/h6-11,13,16-18H,1-5H3/t13-,16+,17+,18+/m1/s1. The molecule has 4 rings (SSSR count). The van der Waals surface area contributed by atoms with E-state index >= 15 is 0 Å². The van der Waals surface area contributed by atoms with Crippen LogP contribution in [0, 0.1) is 17.3 Å². The van der Waals surface area contributed by atoms with Crippen molar-refractivity contribution in [2.75, 3.05) is 19.1 Å². The van der Waals surface area contributed by atoms with Crippen LogP contribution in [0.5, 0.6) is 11.5 Å². The summed E-state index contributed by atoms with van der Waals surface area (Å²) in [6, 6.07) is 3.69. The largest absolute Gasteiger partial charge is 0.497 e. The van der Waals surface area contributed by atoms with Crippen LogP contribution in [-0.4, -0.2) is 55.1 Å². The fraction of sp³-hybridized carbons (Fsp3) is 0.455. The van der Waals surface area contributed by atoms with Crippen LogP contribution in [0.2, 0.25) is 0 Å². The molecule has 2 fully saturated rings. The molecule has 0 spiro atoms. The van der Waals surface area contributed by atoms with Crippen molar-refractivity contribution < 1.29 is 23.9 Å². The molecule has 0 aliphatic carbocycles. The lowest BCUT2D eigenvalue weighted by Crippen LogP contribution is -2.49. The first kappa shape index (κ1) is 20.1. The van der Waals surface area contributed by atoms with E-state index in [4.69, 9.17) is 9.47 Å². The summed E-state index contributed by atoms with van der Waals surface area (Å²) in [6.07, 6.45) is 5.16. The van der Waals surface area contributed by atoms with E-state index in [1.807, 2.05) is 26.8 Å². The fourth-order valence-electron chi connectivity index (χ4n) is 4.49. The van der Waals surface area contributed by atoms with Gasteiger partial charge in [-0.05, 0) is 18.2 Å². The molecule has 2 saturated heterocycles. The molecule has 2 amide bonds. The number of ether oxygens (including phenoxy) is 2. The summed E-state index contributed by atoms with van der Waals surface area (Å²) in [4.78, 5) is 41.6. The van der Waals surface area contributed by atoms with Gasteiger partial charge in [0.1, 0.15) is 17.5 Å². The third-order valence-electron chi connectivity index (χ3n) is 5.93. The van der Waals surface area contributed by atoms with E-state index in [1.54, 1.807) is 35.5 Å². The number of carbonyl (C=O) groups is 3. The molecule has 4 atom stereocenters. The Morgan fingerprint density at radius 1 is 1.07 bits per heavy atom. The lowest BCUT2D eigenvalue weighted by Gasteiger charge is -2.33. The monoisotopic (exact) mass is 411 g/mol. The number of fused-ring (bicyclic) bond motifs is 3. The summed E-state index contributed by atoms with van der Waals surface area (Å²) >= 11 is 0. The molecule has 3 heterocycles. The van der Waals surface area contributed by atoms with Crippen molar-refractivity contribution in [2.45, 2.75) is 32.9 Å². The minimum absolute atomic E-state index is 0.118. The number of ketones is 1. The van der Waals surface area contributed by atoms with E-state index in [1.165, 1.54) is 14.2 Å². The Kier molecular flexibility index (Phi) is 4.67. The maximum atomic E-state index is 13.6. The molecule has 8 heteroatoms. The fourth-order valence-corrected chi connectivity index (χ4v) is 4.49. The highest BCUT2D eigenvalue weighted by Crippen LogP contribution is 2.48. The van der Waals surface area contributed by atoms with Crippen molar-refractivity contribution in [3.8, 4) is 11.5 Å². The number of imide groups is 1. The second-order valence-electron chi connectivity index (χ2n) is 8.68. The predicted molar refractivity (Wildman–Crippen MR) is 111 cm³/mol. The maximum Gasteiger partial charge on any atom is 0.240 e. The number of benzene rings is 1. The second kappa shape index (κ2) is 6.97. The molecular weight excluding hydrogens is 386 g/mol. The van der Waals surface area contributed by atoms with Gasteiger partial charge < -0.3 is 9.47 Å². The topological polar surface area (TPSA) is 88.5 Å². The summed E-state index contributed by atoms with van der Waals surface area (Å²) in [5.74, 6) is -1.54. The zero-order valence-electron chi connectivity index (χ0n) is 17.7. The normalized spacial score (nSPS) is 27.4. The Balaban J connectivity index is 1.82. The molecule has 0 unspecified atom stereocenters. The molecule has 1 aromatic rings. The molecule has 0 radical (unpaired) electrons. The maximum absolute atomic E-state index is 13.6. The van der Waals surface area contributed by atoms with Crippen molar-refractivity contribution in [3.63, 3.8) is 0 Å². The van der Waals surface area contributed by atoms with E-state index in [2.05, 4.69) is 5.10 Å². The number of allylic oxidation sites excluding steroid dienone is 1. The third-order valence-corrected chi connectivity index (χ3v) is 5.93. The number of rotatable bonds is 4. The number of nitrogens with zero attached hydrogens (tertiary/aromatic N) is 3. The molecule has 3 aliphatic heterocycles. The first-order valence-electron chi connectivity index (χ1n) is 9.84. The minimum Gasteiger partial charge on any atom is -0.497 e. The average Bonchev–Trinajstić information content (AvgIpc) is 3.19. The van der Waals surface area contributed by atoms with Crippen molar-refractivity contribution in [1.82, 2.24) is 5.01 Å². The van der Waals surface area contributed by atoms with Crippen LogP contribution in [0.1, 0.15) is 20.8 Å². The number of anilines is 1. The lowest BCUT2D eigenvalue weighted by molar-refractivity contribution is -0.136. The Morgan fingerprint density at radius 2 is 1.77 bits per heavy atom. The van der Waals surface area contributed by atoms with Crippen LogP contribution in [0.4, 0.5) is 5.69 Å². The van der Waals surface area contributed by atoms with Crippen molar-refractivity contribution in [3.05, 3.63) is 30.4 Å². The molecule has 0 N–H and O–H groups in total. The lowest BCUT2D eigenvalue weighted by atomic mass is 9.80. The van der Waals surface area contributed by atoms with Gasteiger partial charge in [-0.2, -0.15) is 5.10 Å². The van der Waals surface area contributed by atoms with Crippen LogP contribution >= 0.6 is 0 Å². The SMILES string of the molecule is COc1ccc(OC)c(N2C(=O)[C@@H]3[C@H](C2=O)[C@@H](C(=O)C(C)(C)C)N2N=CC=C[C@H]32)c1. The molecular formula is C22H25N3O5. The van der Waals surface area contributed by atoms with Crippen LogP contribution in [0.25, 0.3) is 0 Å². The number of methoxy groups -OCH3 is 2. The summed E-state index contributed by atoms with van der Waals surface area (Å²) < 4.78 is 10.7. The van der Waals surface area contributed by atoms with Gasteiger partial charge in [0.15, 0.2) is 5.78 Å². The molecule has 8 nitrogen and oxygen atoms in total. The molecule has 0 aromatic heterocycles. The third kappa shape index (κ3) is 2.81. The summed E-state index contributed by atoms with van der Waals surface area (Å²) in [5.41, 5.74) is -0.372. The molecule has 30 heavy (non-hydrogen) atoms. The van der Waals surface area contributed by atoms with Gasteiger partial charge in [0.25, 0.3) is 0 Å². The van der Waals surface area contributed by atoms with Crippen LogP contribution < -0.4 is 14.4 Å². The minimum atomic E-state index is -0.815. The highest BCUT2D eigenvalue weighted by Gasteiger charge is 2.65. The Hall–Kier alpha value is -3.16. The molecule has 0 bridgehead atoms. The smallest absolute Gasteiger partial charge is 0.240 e. The van der Waals surface area contributed by atoms with Gasteiger partial charge in [0.2, 0.25) is 11.8 Å². The van der Waals surface area contributed by atoms with Crippen LogP contribution in [0.15, 0.2) is 35.5 Å². The van der Waals surface area contributed by atoms with E-state index < -0.39 is 35.2 Å². The van der Waals surface area contributed by atoms with Gasteiger partial charge in [0, 0.05) is 17.7 Å². The van der Waals surface area contributed by atoms with E-state index in [-0.39, 0.29) is 11.7 Å². The van der Waals surface area contributed by atoms with Crippen LogP contribution in [0.3, 0.4) is 0 Å². The Bertz CT molecular complexity index is 977. The Morgan fingerprint density at radius 3 is 2.40 bits per heavy atom. The zero-order chi connectivity index (χ0) is 21.8. The zero-order valence-corrected chi connectivity index (χ0v) is 17.7. The van der Waals surface area contributed by atoms with Crippen molar-refractivity contribution in [2.24, 2.45) is 22.4 Å². The Labute approximate surface area is 175 Å². The van der Waals surface area contributed by atoms with Crippen molar-refractivity contribution in [1.29, 1.82) is 0 Å². The second-order valence-corrected chi connectivity index (χ2v) is 8.68. The van der Waals surface area contributed by atoms with Crippen molar-refractivity contribution >= 4 is 29.5 Å². The van der Waals surface area contributed by atoms with Gasteiger partial charge in [-0.25, -0.2) is 4.90 Å². The van der Waals surface area contributed by atoms with E-state index in [0.717, 1.165) is 4.90 Å². The number of Topliss-reactive ketones (excluding diaryl/α,β-unsaturated/α-hetero) is 1. The van der Waals surface area contributed by atoms with Crippen LogP contribution in [-0.2, 0) is 14.4 Å². The highest BCUT2D eigenvalue weighted by atomic mass is 16.5. The van der Waals surface area contributed by atoms with E-state index in [0.29, 0.717) is 17.2 Å².